The lowest BCUT2D eigenvalue weighted by atomic mass is 10.2. The number of carbonyl (C=O) groups is 1. The van der Waals surface area contributed by atoms with Gasteiger partial charge in [-0.05, 0) is 24.1 Å². The number of hydrogen-bond donors (Lipinski definition) is 1. The van der Waals surface area contributed by atoms with Crippen molar-refractivity contribution in [3.05, 3.63) is 78.6 Å². The third kappa shape index (κ3) is 5.18. The van der Waals surface area contributed by atoms with Crippen molar-refractivity contribution >= 4 is 34.4 Å². The third-order valence-electron chi connectivity index (χ3n) is 5.23. The number of anilines is 2. The van der Waals surface area contributed by atoms with Crippen LogP contribution in [0.15, 0.2) is 78.6 Å². The van der Waals surface area contributed by atoms with Crippen LogP contribution < -0.4 is 5.32 Å². The van der Waals surface area contributed by atoms with Gasteiger partial charge in [-0.15, -0.1) is 11.3 Å². The highest BCUT2D eigenvalue weighted by molar-refractivity contribution is 7.13. The number of benzene rings is 1. The lowest BCUT2D eigenvalue weighted by molar-refractivity contribution is -0.124. The maximum absolute atomic E-state index is 10.5. The normalized spacial score (nSPS) is 12.5. The van der Waals surface area contributed by atoms with Crippen LogP contribution in [0, 0.1) is 11.8 Å². The molecule has 4 aromatic heterocycles. The molecule has 6 rings (SSSR count). The van der Waals surface area contributed by atoms with Crippen LogP contribution in [0.3, 0.4) is 0 Å². The van der Waals surface area contributed by atoms with Gasteiger partial charge in [0.2, 0.25) is 5.95 Å². The van der Waals surface area contributed by atoms with Gasteiger partial charge in [-0.3, -0.25) is 4.79 Å². The van der Waals surface area contributed by atoms with Crippen LogP contribution in [0.4, 0.5) is 11.6 Å². The molecule has 0 atom stereocenters. The van der Waals surface area contributed by atoms with E-state index < -0.39 is 0 Å². The second kappa shape index (κ2) is 10.2. The largest absolute Gasteiger partial charge is 0.334 e. The molecular weight excluding hydrogens is 458 g/mol. The number of rotatable bonds is 4. The van der Waals surface area contributed by atoms with E-state index >= 15 is 0 Å². The van der Waals surface area contributed by atoms with Crippen molar-refractivity contribution in [2.45, 2.75) is 6.42 Å². The van der Waals surface area contributed by atoms with Crippen molar-refractivity contribution in [2.24, 2.45) is 0 Å². The van der Waals surface area contributed by atoms with Gasteiger partial charge < -0.3 is 10.2 Å². The van der Waals surface area contributed by atoms with Gasteiger partial charge in [-0.1, -0.05) is 42.3 Å². The Bertz CT molecular complexity index is 1530. The summed E-state index contributed by atoms with van der Waals surface area (Å²) < 4.78 is 1.80. The van der Waals surface area contributed by atoms with E-state index in [2.05, 4.69) is 44.4 Å². The van der Waals surface area contributed by atoms with Crippen LogP contribution in [0.1, 0.15) is 6.42 Å². The number of fused-ring (bicyclic) bond motifs is 1. The van der Waals surface area contributed by atoms with Crippen molar-refractivity contribution < 1.29 is 4.79 Å². The summed E-state index contributed by atoms with van der Waals surface area (Å²) in [5.74, 6) is 5.65. The SMILES string of the molecule is CN1CCC#CC1=O.c1ccc(-c2nc(-c3ccnc(Nc4cnn5ccccc45)n3)cs2)cc1. The molecule has 0 aliphatic carbocycles. The quantitative estimate of drug-likeness (QED) is 0.382. The molecule has 1 aliphatic heterocycles. The zero-order valence-corrected chi connectivity index (χ0v) is 19.7. The van der Waals surface area contributed by atoms with Crippen LogP contribution in [0.2, 0.25) is 0 Å². The van der Waals surface area contributed by atoms with E-state index in [4.69, 9.17) is 4.98 Å². The zero-order valence-electron chi connectivity index (χ0n) is 18.9. The van der Waals surface area contributed by atoms with Crippen molar-refractivity contribution in [1.82, 2.24) is 29.5 Å². The number of amides is 1. The second-order valence-corrected chi connectivity index (χ2v) is 8.52. The molecule has 9 heteroatoms. The molecule has 1 aromatic carbocycles. The molecule has 1 aliphatic rings. The average molecular weight is 480 g/mol. The summed E-state index contributed by atoms with van der Waals surface area (Å²) in [5, 5.41) is 10.6. The molecule has 0 saturated heterocycles. The summed E-state index contributed by atoms with van der Waals surface area (Å²) in [4.78, 5) is 25.8. The van der Waals surface area contributed by atoms with E-state index in [0.717, 1.165) is 46.1 Å². The summed E-state index contributed by atoms with van der Waals surface area (Å²) in [6.45, 7) is 0.784. The zero-order chi connectivity index (χ0) is 24.0. The third-order valence-corrected chi connectivity index (χ3v) is 6.12. The summed E-state index contributed by atoms with van der Waals surface area (Å²) in [6, 6.07) is 17.9. The highest BCUT2D eigenvalue weighted by Gasteiger charge is 2.10. The fraction of sp³-hybridized carbons (Fsp3) is 0.115. The molecule has 0 radical (unpaired) electrons. The molecule has 0 unspecified atom stereocenters. The first-order chi connectivity index (χ1) is 17.2. The lowest BCUT2D eigenvalue weighted by Crippen LogP contribution is -2.28. The Balaban J connectivity index is 0.000000271. The van der Waals surface area contributed by atoms with Crippen molar-refractivity contribution in [3.63, 3.8) is 0 Å². The van der Waals surface area contributed by atoms with Crippen molar-refractivity contribution in [3.8, 4) is 33.8 Å². The maximum Gasteiger partial charge on any atom is 0.298 e. The number of aromatic nitrogens is 5. The van der Waals surface area contributed by atoms with Crippen LogP contribution in [0.5, 0.6) is 0 Å². The molecule has 35 heavy (non-hydrogen) atoms. The fourth-order valence-corrected chi connectivity index (χ4v) is 4.20. The highest BCUT2D eigenvalue weighted by Crippen LogP contribution is 2.28. The van der Waals surface area contributed by atoms with E-state index in [0.29, 0.717) is 5.95 Å². The van der Waals surface area contributed by atoms with E-state index in [1.807, 2.05) is 54.0 Å². The minimum absolute atomic E-state index is 0.0590. The Morgan fingerprint density at radius 1 is 1.03 bits per heavy atom. The number of carbonyl (C=O) groups excluding carboxylic acids is 1. The monoisotopic (exact) mass is 479 g/mol. The molecule has 1 amide bonds. The van der Waals surface area contributed by atoms with Gasteiger partial charge in [0.15, 0.2) is 0 Å². The van der Waals surface area contributed by atoms with Gasteiger partial charge >= 0.3 is 0 Å². The van der Waals surface area contributed by atoms with Crippen LogP contribution in [-0.2, 0) is 4.79 Å². The first-order valence-corrected chi connectivity index (χ1v) is 11.8. The van der Waals surface area contributed by atoms with Gasteiger partial charge in [0.25, 0.3) is 5.91 Å². The first-order valence-electron chi connectivity index (χ1n) is 10.9. The van der Waals surface area contributed by atoms with Gasteiger partial charge in [0.1, 0.15) is 10.7 Å². The van der Waals surface area contributed by atoms with E-state index in [9.17, 15) is 4.79 Å². The maximum atomic E-state index is 10.5. The molecule has 1 N–H and O–H groups in total. The molecule has 0 saturated carbocycles. The first kappa shape index (κ1) is 22.3. The van der Waals surface area contributed by atoms with Gasteiger partial charge in [-0.25, -0.2) is 19.5 Å². The minimum atomic E-state index is -0.0590. The highest BCUT2D eigenvalue weighted by atomic mass is 32.1. The number of nitrogens with zero attached hydrogens (tertiary/aromatic N) is 6. The van der Waals surface area contributed by atoms with Gasteiger partial charge in [-0.2, -0.15) is 5.10 Å². The summed E-state index contributed by atoms with van der Waals surface area (Å²) in [5.41, 5.74) is 4.54. The Kier molecular flexibility index (Phi) is 6.46. The van der Waals surface area contributed by atoms with Crippen molar-refractivity contribution in [2.75, 3.05) is 18.9 Å². The molecule has 0 fully saturated rings. The Morgan fingerprint density at radius 3 is 2.69 bits per heavy atom. The molecule has 5 aromatic rings. The predicted octanol–water partition coefficient (Wildman–Crippen LogP) is 4.51. The molecule has 5 heterocycles. The van der Waals surface area contributed by atoms with E-state index in [1.54, 1.807) is 40.2 Å². The molecule has 0 bridgehead atoms. The van der Waals surface area contributed by atoms with Gasteiger partial charge in [0, 0.05) is 43.4 Å². The topological polar surface area (TPSA) is 88.3 Å². The number of pyridine rings is 1. The number of hydrogen-bond acceptors (Lipinski definition) is 7. The molecule has 172 valence electrons. The smallest absolute Gasteiger partial charge is 0.298 e. The number of nitrogens with one attached hydrogen (secondary N) is 1. The fourth-order valence-electron chi connectivity index (χ4n) is 3.38. The van der Waals surface area contributed by atoms with Crippen molar-refractivity contribution in [1.29, 1.82) is 0 Å². The van der Waals surface area contributed by atoms with Crippen LogP contribution >= 0.6 is 11.3 Å². The lowest BCUT2D eigenvalue weighted by Gasteiger charge is -2.13. The Hall–Kier alpha value is -4.55. The Labute approximate surface area is 206 Å². The predicted molar refractivity (Wildman–Crippen MR) is 137 cm³/mol. The van der Waals surface area contributed by atoms with E-state index in [-0.39, 0.29) is 5.91 Å². The summed E-state index contributed by atoms with van der Waals surface area (Å²) >= 11 is 1.61. The second-order valence-electron chi connectivity index (χ2n) is 7.66. The van der Waals surface area contributed by atoms with Gasteiger partial charge in [0.05, 0.1) is 23.1 Å². The molecule has 8 nitrogen and oxygen atoms in total. The molecule has 0 spiro atoms. The van der Waals surface area contributed by atoms with Crippen LogP contribution in [-0.4, -0.2) is 49.0 Å². The Morgan fingerprint density at radius 2 is 1.89 bits per heavy atom. The number of thiazole rings is 1. The standard InChI is InChI=1S/C20H14N6S.C6H7NO/c1-2-6-14(7-3-1)19-23-17(13-27-19)15-9-10-21-20(24-15)25-16-12-22-26-11-5-4-8-18(16)26;1-7-5-3-2-4-6(7)8/h1-13H,(H,21,24,25);3,5H2,1H3. The van der Waals surface area contributed by atoms with Crippen LogP contribution in [0.25, 0.3) is 27.5 Å². The minimum Gasteiger partial charge on any atom is -0.334 e. The van der Waals surface area contributed by atoms with E-state index in [1.165, 1.54) is 0 Å². The molecular formula is C26H21N7OS. The average Bonchev–Trinajstić information content (AvgIpc) is 3.55. The summed E-state index contributed by atoms with van der Waals surface area (Å²) in [7, 11) is 1.76. The summed E-state index contributed by atoms with van der Waals surface area (Å²) in [6.07, 6.45) is 6.22.